The third-order valence-corrected chi connectivity index (χ3v) is 14.0. The molecule has 0 aromatic heterocycles. The van der Waals surface area contributed by atoms with Crippen LogP contribution in [-0.4, -0.2) is 22.4 Å². The summed E-state index contributed by atoms with van der Waals surface area (Å²) in [5, 5.41) is 0. The third-order valence-electron chi connectivity index (χ3n) is 7.40. The molecule has 1 aromatic carbocycles. The summed E-state index contributed by atoms with van der Waals surface area (Å²) in [6, 6.07) is 6.14. The van der Waals surface area contributed by atoms with Gasteiger partial charge in [0, 0.05) is 11.8 Å². The average molecular weight is 495 g/mol. The third kappa shape index (κ3) is 4.88. The first-order chi connectivity index (χ1) is 14.7. The molecule has 1 aromatic rings. The monoisotopic (exact) mass is 494 g/mol. The van der Waals surface area contributed by atoms with Crippen molar-refractivity contribution >= 4 is 30.2 Å². The first-order valence-corrected chi connectivity index (χ1v) is 20.3. The maximum absolute atomic E-state index is 13.6. The molecular weight excluding hydrogens is 455 g/mol. The summed E-state index contributed by atoms with van der Waals surface area (Å²) in [5.74, 6) is 2.68. The number of ketones is 1. The van der Waals surface area contributed by atoms with Crippen molar-refractivity contribution in [1.29, 1.82) is 0 Å². The standard InChI is InChI=1S/C24H39O5PSi2/c1-24-15-14-20-19-11-9-18(27-30(26,28-31(2,3)4)29-32(5,6)7)16-17(19)8-10-21(20)22(24)12-13-23(24)25/h9,11,16,20-22H,8,10,12-15H2,1-7H3. The highest BCUT2D eigenvalue weighted by molar-refractivity contribution is 7.52. The van der Waals surface area contributed by atoms with Crippen LogP contribution in [-0.2, 0) is 24.2 Å². The van der Waals surface area contributed by atoms with Crippen LogP contribution in [0.5, 0.6) is 5.75 Å². The number of carbonyl (C=O) groups is 1. The van der Waals surface area contributed by atoms with E-state index in [1.807, 2.05) is 51.4 Å². The van der Waals surface area contributed by atoms with E-state index in [-0.39, 0.29) is 5.41 Å². The van der Waals surface area contributed by atoms with Crippen LogP contribution in [0.3, 0.4) is 0 Å². The molecule has 5 nitrogen and oxygen atoms in total. The minimum atomic E-state index is -3.69. The molecular formula is C24H39O5PSi2. The molecule has 4 rings (SSSR count). The molecule has 3 aliphatic carbocycles. The SMILES string of the molecule is CC12CCC3c4ccc(OP(=O)(O[Si](C)(C)C)O[Si](C)(C)C)cc4CCC3C1CCC2=O. The summed E-state index contributed by atoms with van der Waals surface area (Å²) in [7, 11) is -7.98. The van der Waals surface area contributed by atoms with Crippen LogP contribution < -0.4 is 4.52 Å². The molecule has 32 heavy (non-hydrogen) atoms. The van der Waals surface area contributed by atoms with E-state index >= 15 is 0 Å². The molecule has 178 valence electrons. The van der Waals surface area contributed by atoms with E-state index < -0.39 is 24.5 Å². The van der Waals surface area contributed by atoms with Crippen molar-refractivity contribution < 1.29 is 22.3 Å². The number of hydrogen-bond donors (Lipinski definition) is 0. The van der Waals surface area contributed by atoms with Crippen LogP contribution in [0.1, 0.15) is 56.1 Å². The Morgan fingerprint density at radius 3 is 2.25 bits per heavy atom. The molecule has 4 unspecified atom stereocenters. The molecule has 4 atom stereocenters. The molecule has 3 aliphatic rings. The normalized spacial score (nSPS) is 30.5. The van der Waals surface area contributed by atoms with Crippen molar-refractivity contribution in [3.63, 3.8) is 0 Å². The van der Waals surface area contributed by atoms with E-state index in [9.17, 15) is 9.36 Å². The summed E-state index contributed by atoms with van der Waals surface area (Å²) in [4.78, 5) is 12.6. The van der Waals surface area contributed by atoms with Gasteiger partial charge in [0.25, 0.3) is 0 Å². The molecule has 0 bridgehead atoms. The largest absolute Gasteiger partial charge is 0.510 e. The Morgan fingerprint density at radius 2 is 1.62 bits per heavy atom. The lowest BCUT2D eigenvalue weighted by Gasteiger charge is -2.48. The minimum absolute atomic E-state index is 0.100. The highest BCUT2D eigenvalue weighted by Crippen LogP contribution is 2.60. The zero-order valence-corrected chi connectivity index (χ0v) is 23.6. The first-order valence-electron chi connectivity index (χ1n) is 12.1. The van der Waals surface area contributed by atoms with E-state index in [0.29, 0.717) is 29.3 Å². The fourth-order valence-electron chi connectivity index (χ4n) is 6.24. The van der Waals surface area contributed by atoms with Crippen LogP contribution in [0.25, 0.3) is 0 Å². The summed E-state index contributed by atoms with van der Waals surface area (Å²) >= 11 is 0. The van der Waals surface area contributed by atoms with Gasteiger partial charge in [0.15, 0.2) is 16.6 Å². The number of rotatable bonds is 6. The van der Waals surface area contributed by atoms with E-state index in [4.69, 9.17) is 12.9 Å². The van der Waals surface area contributed by atoms with Gasteiger partial charge in [-0.15, -0.1) is 0 Å². The van der Waals surface area contributed by atoms with Crippen molar-refractivity contribution in [2.24, 2.45) is 17.3 Å². The van der Waals surface area contributed by atoms with Gasteiger partial charge in [0.05, 0.1) is 0 Å². The molecule has 0 aliphatic heterocycles. The number of hydrogen-bond acceptors (Lipinski definition) is 5. The van der Waals surface area contributed by atoms with Gasteiger partial charge in [-0.3, -0.25) is 4.79 Å². The van der Waals surface area contributed by atoms with Crippen molar-refractivity contribution in [3.05, 3.63) is 29.3 Å². The summed E-state index contributed by atoms with van der Waals surface area (Å²) in [5.41, 5.74) is 2.57. The van der Waals surface area contributed by atoms with Gasteiger partial charge >= 0.3 is 7.82 Å². The maximum Gasteiger partial charge on any atom is 0.510 e. The maximum atomic E-state index is 13.6. The molecule has 8 heteroatoms. The van der Waals surface area contributed by atoms with Crippen molar-refractivity contribution in [3.8, 4) is 5.75 Å². The van der Waals surface area contributed by atoms with Crippen molar-refractivity contribution in [2.45, 2.75) is 90.6 Å². The summed E-state index contributed by atoms with van der Waals surface area (Å²) < 4.78 is 31.5. The molecule has 0 radical (unpaired) electrons. The molecule has 0 saturated heterocycles. The molecule has 0 spiro atoms. The van der Waals surface area contributed by atoms with Crippen LogP contribution in [0.2, 0.25) is 39.3 Å². The van der Waals surface area contributed by atoms with Gasteiger partial charge in [-0.25, -0.2) is 4.57 Å². The lowest BCUT2D eigenvalue weighted by Crippen LogP contribution is -2.42. The highest BCUT2D eigenvalue weighted by Gasteiger charge is 2.54. The van der Waals surface area contributed by atoms with Crippen molar-refractivity contribution in [2.75, 3.05) is 0 Å². The smallest absolute Gasteiger partial charge is 0.405 e. The van der Waals surface area contributed by atoms with E-state index in [1.54, 1.807) is 0 Å². The molecule has 0 amide bonds. The highest BCUT2D eigenvalue weighted by atomic mass is 31.2. The van der Waals surface area contributed by atoms with E-state index in [0.717, 1.165) is 38.5 Å². The van der Waals surface area contributed by atoms with Crippen LogP contribution in [0.15, 0.2) is 18.2 Å². The topological polar surface area (TPSA) is 61.8 Å². The lowest BCUT2D eigenvalue weighted by molar-refractivity contribution is -0.129. The number of phosphoric acid groups is 1. The van der Waals surface area contributed by atoms with Gasteiger partial charge < -0.3 is 12.9 Å². The summed E-state index contributed by atoms with van der Waals surface area (Å²) in [6.45, 7) is 14.2. The van der Waals surface area contributed by atoms with Crippen molar-refractivity contribution in [1.82, 2.24) is 0 Å². The second kappa shape index (κ2) is 8.19. The number of Topliss-reactive ketones (excluding diaryl/α,β-unsaturated/α-hetero) is 1. The Labute approximate surface area is 195 Å². The fourth-order valence-corrected chi connectivity index (χ4v) is 12.8. The van der Waals surface area contributed by atoms with Gasteiger partial charge in [0.1, 0.15) is 11.5 Å². The second-order valence-electron chi connectivity index (χ2n) is 12.1. The van der Waals surface area contributed by atoms with Gasteiger partial charge in [-0.2, -0.15) is 0 Å². The summed E-state index contributed by atoms with van der Waals surface area (Å²) in [6.07, 6.45) is 5.97. The minimum Gasteiger partial charge on any atom is -0.405 e. The Kier molecular flexibility index (Phi) is 6.25. The number of aryl methyl sites for hydroxylation is 1. The zero-order valence-electron chi connectivity index (χ0n) is 20.7. The lowest BCUT2D eigenvalue weighted by atomic mass is 9.55. The Balaban J connectivity index is 1.57. The molecule has 0 heterocycles. The quantitative estimate of drug-likeness (QED) is 0.307. The Morgan fingerprint density at radius 1 is 0.969 bits per heavy atom. The Hall–Kier alpha value is -0.726. The second-order valence-corrected chi connectivity index (χ2v) is 23.1. The number of fused-ring (bicyclic) bond motifs is 5. The molecule has 2 fully saturated rings. The van der Waals surface area contributed by atoms with Crippen LogP contribution in [0.4, 0.5) is 0 Å². The molecule has 0 N–H and O–H groups in total. The van der Waals surface area contributed by atoms with Gasteiger partial charge in [-0.05, 0) is 112 Å². The van der Waals surface area contributed by atoms with Crippen LogP contribution in [0, 0.1) is 17.3 Å². The predicted octanol–water partition coefficient (Wildman–Crippen LogP) is 7.30. The van der Waals surface area contributed by atoms with Crippen LogP contribution >= 0.6 is 7.82 Å². The number of carbonyl (C=O) groups excluding carboxylic acids is 1. The molecule has 2 saturated carbocycles. The van der Waals surface area contributed by atoms with Gasteiger partial charge in [0.2, 0.25) is 0 Å². The van der Waals surface area contributed by atoms with E-state index in [1.165, 1.54) is 11.1 Å². The average Bonchev–Trinajstić information content (AvgIpc) is 2.93. The van der Waals surface area contributed by atoms with E-state index in [2.05, 4.69) is 13.0 Å². The predicted molar refractivity (Wildman–Crippen MR) is 133 cm³/mol. The zero-order chi connectivity index (χ0) is 23.5. The Bertz CT molecular complexity index is 931. The number of benzene rings is 1. The van der Waals surface area contributed by atoms with Gasteiger partial charge in [-0.1, -0.05) is 13.0 Å². The first kappa shape index (κ1) is 24.4. The fraction of sp³-hybridized carbons (Fsp3) is 0.708.